The van der Waals surface area contributed by atoms with Crippen LogP contribution in [-0.4, -0.2) is 63.4 Å². The molecule has 0 atom stereocenters. The van der Waals surface area contributed by atoms with Gasteiger partial charge in [0.15, 0.2) is 5.69 Å². The third-order valence-electron chi connectivity index (χ3n) is 5.49. The highest BCUT2D eigenvalue weighted by molar-refractivity contribution is 7.85. The second kappa shape index (κ2) is 10.8. The monoisotopic (exact) mass is 509 g/mol. The SMILES string of the molecule is CS(=O)(=O)O[N+]1(c2ccc(Nc3nccc(-c4ccc(C(=O)NCC#N)cc4)n3)cc2)CCOCC1. The van der Waals surface area contributed by atoms with Gasteiger partial charge in [-0.05, 0) is 30.3 Å². The van der Waals surface area contributed by atoms with E-state index >= 15 is 0 Å². The first-order valence-corrected chi connectivity index (χ1v) is 12.9. The molecule has 0 unspecified atom stereocenters. The van der Waals surface area contributed by atoms with Crippen LogP contribution in [0.1, 0.15) is 10.4 Å². The number of amides is 1. The average molecular weight is 510 g/mol. The molecule has 2 N–H and O–H groups in total. The maximum Gasteiger partial charge on any atom is 0.311 e. The number of nitriles is 1. The van der Waals surface area contributed by atoms with E-state index in [1.54, 1.807) is 60.8 Å². The zero-order valence-electron chi connectivity index (χ0n) is 19.5. The topological polar surface area (TPSA) is 143 Å². The van der Waals surface area contributed by atoms with Gasteiger partial charge >= 0.3 is 10.1 Å². The van der Waals surface area contributed by atoms with Gasteiger partial charge in [0, 0.05) is 35.1 Å². The molecule has 1 aliphatic rings. The number of morpholine rings is 1. The number of carbonyl (C=O) groups excluding carboxylic acids is 1. The Balaban J connectivity index is 1.49. The molecule has 0 bridgehead atoms. The molecule has 0 saturated carbocycles. The fourth-order valence-electron chi connectivity index (χ4n) is 3.81. The number of rotatable bonds is 8. The average Bonchev–Trinajstić information content (AvgIpc) is 2.87. The number of benzene rings is 2. The number of quaternary nitrogens is 1. The molecule has 1 aromatic heterocycles. The summed E-state index contributed by atoms with van der Waals surface area (Å²) in [5, 5.41) is 14.2. The minimum absolute atomic E-state index is 0.0539. The quantitative estimate of drug-likeness (QED) is 0.345. The maximum absolute atomic E-state index is 12.0. The molecule has 2 aromatic carbocycles. The first kappa shape index (κ1) is 25.2. The predicted molar refractivity (Wildman–Crippen MR) is 133 cm³/mol. The zero-order valence-corrected chi connectivity index (χ0v) is 20.4. The zero-order chi connectivity index (χ0) is 25.6. The summed E-state index contributed by atoms with van der Waals surface area (Å²) in [6.45, 7) is 1.48. The van der Waals surface area contributed by atoms with Crippen molar-refractivity contribution in [2.24, 2.45) is 0 Å². The van der Waals surface area contributed by atoms with E-state index in [2.05, 4.69) is 20.6 Å². The van der Waals surface area contributed by atoms with Crippen molar-refractivity contribution in [3.8, 4) is 17.3 Å². The van der Waals surface area contributed by atoms with E-state index in [0.29, 0.717) is 54.9 Å². The Bertz CT molecular complexity index is 1370. The van der Waals surface area contributed by atoms with Crippen LogP contribution < -0.4 is 15.3 Å². The summed E-state index contributed by atoms with van der Waals surface area (Å²) in [4.78, 5) is 20.8. The molecule has 1 fully saturated rings. The summed E-state index contributed by atoms with van der Waals surface area (Å²) in [5.74, 6) is 0.0541. The van der Waals surface area contributed by atoms with Crippen molar-refractivity contribution in [3.05, 3.63) is 66.4 Å². The number of nitrogens with one attached hydrogen (secondary N) is 2. The molecule has 0 radical (unpaired) electrons. The summed E-state index contributed by atoms with van der Waals surface area (Å²) < 4.78 is 34.5. The highest BCUT2D eigenvalue weighted by Gasteiger charge is 2.39. The van der Waals surface area contributed by atoms with E-state index in [4.69, 9.17) is 14.3 Å². The van der Waals surface area contributed by atoms with Crippen molar-refractivity contribution in [2.75, 3.05) is 44.4 Å². The molecule has 2 heterocycles. The molecule has 1 aliphatic heterocycles. The second-order valence-corrected chi connectivity index (χ2v) is 9.64. The Morgan fingerprint density at radius 1 is 1.11 bits per heavy atom. The van der Waals surface area contributed by atoms with Gasteiger partial charge in [-0.1, -0.05) is 16.4 Å². The molecule has 36 heavy (non-hydrogen) atoms. The van der Waals surface area contributed by atoms with Crippen molar-refractivity contribution in [2.45, 2.75) is 0 Å². The first-order chi connectivity index (χ1) is 17.3. The van der Waals surface area contributed by atoms with Gasteiger partial charge in [-0.2, -0.15) is 13.7 Å². The highest BCUT2D eigenvalue weighted by Crippen LogP contribution is 2.29. The number of carbonyl (C=O) groups is 1. The van der Waals surface area contributed by atoms with Crippen LogP contribution >= 0.6 is 0 Å². The Kier molecular flexibility index (Phi) is 7.56. The van der Waals surface area contributed by atoms with Crippen molar-refractivity contribution in [3.63, 3.8) is 0 Å². The molecular formula is C24H25N6O5S+. The summed E-state index contributed by atoms with van der Waals surface area (Å²) in [5.41, 5.74) is 3.31. The number of hydrogen-bond acceptors (Lipinski definition) is 9. The van der Waals surface area contributed by atoms with E-state index in [0.717, 1.165) is 11.8 Å². The maximum atomic E-state index is 12.0. The molecule has 1 amide bonds. The van der Waals surface area contributed by atoms with E-state index in [9.17, 15) is 13.2 Å². The van der Waals surface area contributed by atoms with Gasteiger partial charge < -0.3 is 15.4 Å². The summed E-state index contributed by atoms with van der Waals surface area (Å²) in [6, 6.07) is 17.7. The molecular weight excluding hydrogens is 484 g/mol. The minimum Gasteiger partial charge on any atom is -0.369 e. The van der Waals surface area contributed by atoms with Crippen LogP contribution in [0.15, 0.2) is 60.8 Å². The lowest BCUT2D eigenvalue weighted by Crippen LogP contribution is -2.57. The lowest BCUT2D eigenvalue weighted by Gasteiger charge is -2.35. The lowest BCUT2D eigenvalue weighted by atomic mass is 10.1. The van der Waals surface area contributed by atoms with Crippen LogP contribution in [-0.2, 0) is 19.1 Å². The molecule has 1 saturated heterocycles. The molecule has 4 rings (SSSR count). The lowest BCUT2D eigenvalue weighted by molar-refractivity contribution is -0.104. The molecule has 0 spiro atoms. The Labute approximate surface area is 209 Å². The van der Waals surface area contributed by atoms with Crippen LogP contribution in [0, 0.1) is 11.3 Å². The number of nitrogens with zero attached hydrogens (tertiary/aromatic N) is 4. The van der Waals surface area contributed by atoms with Gasteiger partial charge in [0.25, 0.3) is 5.91 Å². The van der Waals surface area contributed by atoms with Crippen LogP contribution in [0.4, 0.5) is 17.3 Å². The van der Waals surface area contributed by atoms with E-state index in [-0.39, 0.29) is 17.1 Å². The van der Waals surface area contributed by atoms with Crippen LogP contribution in [0.5, 0.6) is 0 Å². The van der Waals surface area contributed by atoms with Crippen molar-refractivity contribution in [1.82, 2.24) is 19.9 Å². The molecule has 0 aliphatic carbocycles. The van der Waals surface area contributed by atoms with E-state index in [1.165, 1.54) is 0 Å². The van der Waals surface area contributed by atoms with Crippen molar-refractivity contribution in [1.29, 1.82) is 5.26 Å². The highest BCUT2D eigenvalue weighted by atomic mass is 32.2. The number of hydroxylamine groups is 2. The first-order valence-electron chi connectivity index (χ1n) is 11.1. The van der Waals surface area contributed by atoms with E-state index in [1.807, 2.05) is 6.07 Å². The van der Waals surface area contributed by atoms with Gasteiger partial charge in [0.05, 0.1) is 31.2 Å². The number of aromatic nitrogens is 2. The van der Waals surface area contributed by atoms with Gasteiger partial charge in [-0.25, -0.2) is 9.97 Å². The third-order valence-corrected chi connectivity index (χ3v) is 6.05. The Hall–Kier alpha value is -3.89. The Morgan fingerprint density at radius 3 is 2.44 bits per heavy atom. The Morgan fingerprint density at radius 2 is 1.81 bits per heavy atom. The van der Waals surface area contributed by atoms with Gasteiger partial charge in [-0.3, -0.25) is 4.79 Å². The van der Waals surface area contributed by atoms with Gasteiger partial charge in [0.2, 0.25) is 5.95 Å². The van der Waals surface area contributed by atoms with Gasteiger partial charge in [-0.15, -0.1) is 4.65 Å². The second-order valence-electron chi connectivity index (χ2n) is 8.08. The van der Waals surface area contributed by atoms with Crippen molar-refractivity contribution >= 4 is 33.3 Å². The normalized spacial score (nSPS) is 15.0. The summed E-state index contributed by atoms with van der Waals surface area (Å²) in [6.07, 6.45) is 2.67. The van der Waals surface area contributed by atoms with Crippen molar-refractivity contribution < 1.29 is 22.2 Å². The third kappa shape index (κ3) is 6.21. The standard InChI is InChI=1S/C24H24N6O5S/c1-36(32,33)35-30(14-16-34-17-15-30)21-8-6-20(7-9-21)28-24-27-12-10-22(29-24)18-2-4-19(5-3-18)23(31)26-13-11-25/h2-10,12H,13-17H2,1H3,(H-,26,27,28,29,31)/p+1. The number of hydrogen-bond donors (Lipinski definition) is 2. The molecule has 186 valence electrons. The minimum atomic E-state index is -3.69. The predicted octanol–water partition coefficient (Wildman–Crippen LogP) is 2.37. The largest absolute Gasteiger partial charge is 0.369 e. The van der Waals surface area contributed by atoms with Crippen LogP contribution in [0.2, 0.25) is 0 Å². The van der Waals surface area contributed by atoms with Crippen LogP contribution in [0.3, 0.4) is 0 Å². The summed E-state index contributed by atoms with van der Waals surface area (Å²) in [7, 11) is -3.69. The molecule has 3 aromatic rings. The van der Waals surface area contributed by atoms with E-state index < -0.39 is 10.1 Å². The molecule has 12 heteroatoms. The van der Waals surface area contributed by atoms with Crippen LogP contribution in [0.25, 0.3) is 11.3 Å². The smallest absolute Gasteiger partial charge is 0.311 e. The number of ether oxygens (including phenoxy) is 1. The summed E-state index contributed by atoms with van der Waals surface area (Å²) >= 11 is 0. The fraction of sp³-hybridized carbons (Fsp3) is 0.250. The molecule has 11 nitrogen and oxygen atoms in total. The van der Waals surface area contributed by atoms with Gasteiger partial charge in [0.1, 0.15) is 19.6 Å². The fourth-order valence-corrected chi connectivity index (χ4v) is 4.57. The number of anilines is 2.